The number of rotatable bonds is 4. The Balaban J connectivity index is 1.76. The summed E-state index contributed by atoms with van der Waals surface area (Å²) in [5, 5.41) is 0. The van der Waals surface area contributed by atoms with E-state index in [9.17, 15) is 4.79 Å². The molecule has 122 valence electrons. The second-order valence-corrected chi connectivity index (χ2v) is 6.49. The summed E-state index contributed by atoms with van der Waals surface area (Å²) in [6.45, 7) is 5.66. The summed E-state index contributed by atoms with van der Waals surface area (Å²) in [5.41, 5.74) is 3.30. The molecule has 1 aliphatic heterocycles. The number of aromatic amines is 1. The van der Waals surface area contributed by atoms with E-state index in [4.69, 9.17) is 0 Å². The molecule has 0 saturated carbocycles. The maximum absolute atomic E-state index is 13.0. The molecule has 1 aliphatic rings. The lowest BCUT2D eigenvalue weighted by atomic mass is 9.99. The molecule has 0 bridgehead atoms. The van der Waals surface area contributed by atoms with Crippen molar-refractivity contribution in [2.45, 2.75) is 45.4 Å². The van der Waals surface area contributed by atoms with Crippen LogP contribution in [0.15, 0.2) is 36.7 Å². The van der Waals surface area contributed by atoms with Crippen LogP contribution in [-0.2, 0) is 24.3 Å². The van der Waals surface area contributed by atoms with Gasteiger partial charge in [-0.2, -0.15) is 0 Å². The van der Waals surface area contributed by atoms with E-state index in [0.717, 1.165) is 23.5 Å². The lowest BCUT2D eigenvalue weighted by Gasteiger charge is -2.38. The average molecular weight is 312 g/mol. The SMILES string of the molecule is CC(C)N1Cc2[nH]cnc2C[C@H]1C(=O)N(C)Cc1ccccc1. The van der Waals surface area contributed by atoms with Crippen molar-refractivity contribution >= 4 is 5.91 Å². The maximum Gasteiger partial charge on any atom is 0.240 e. The molecule has 5 nitrogen and oxygen atoms in total. The Morgan fingerprint density at radius 2 is 2.13 bits per heavy atom. The van der Waals surface area contributed by atoms with E-state index in [0.29, 0.717) is 19.0 Å². The van der Waals surface area contributed by atoms with Gasteiger partial charge >= 0.3 is 0 Å². The number of imidazole rings is 1. The largest absolute Gasteiger partial charge is 0.347 e. The molecule has 0 unspecified atom stereocenters. The Morgan fingerprint density at radius 1 is 1.39 bits per heavy atom. The van der Waals surface area contributed by atoms with Crippen LogP contribution in [0.1, 0.15) is 30.8 Å². The average Bonchev–Trinajstić information content (AvgIpc) is 3.01. The third kappa shape index (κ3) is 3.29. The number of H-pyrrole nitrogens is 1. The smallest absolute Gasteiger partial charge is 0.240 e. The molecular weight excluding hydrogens is 288 g/mol. The van der Waals surface area contributed by atoms with Crippen LogP contribution in [0.3, 0.4) is 0 Å². The second-order valence-electron chi connectivity index (χ2n) is 6.49. The molecule has 1 aromatic heterocycles. The van der Waals surface area contributed by atoms with E-state index in [1.165, 1.54) is 0 Å². The minimum absolute atomic E-state index is 0.139. The highest BCUT2D eigenvalue weighted by Gasteiger charge is 2.35. The van der Waals surface area contributed by atoms with Gasteiger partial charge in [-0.25, -0.2) is 4.98 Å². The van der Waals surface area contributed by atoms with Gasteiger partial charge in [0.05, 0.1) is 23.8 Å². The quantitative estimate of drug-likeness (QED) is 0.941. The number of aromatic nitrogens is 2. The first-order chi connectivity index (χ1) is 11.1. The van der Waals surface area contributed by atoms with Crippen molar-refractivity contribution in [1.29, 1.82) is 0 Å². The lowest BCUT2D eigenvalue weighted by molar-refractivity contribution is -0.137. The molecule has 1 aromatic carbocycles. The van der Waals surface area contributed by atoms with Gasteiger partial charge < -0.3 is 9.88 Å². The van der Waals surface area contributed by atoms with Crippen molar-refractivity contribution in [1.82, 2.24) is 19.8 Å². The first-order valence-corrected chi connectivity index (χ1v) is 8.12. The molecule has 1 N–H and O–H groups in total. The summed E-state index contributed by atoms with van der Waals surface area (Å²) < 4.78 is 0. The molecule has 2 heterocycles. The Labute approximate surface area is 137 Å². The van der Waals surface area contributed by atoms with E-state index < -0.39 is 0 Å². The standard InChI is InChI=1S/C18H24N4O/c1-13(2)22-11-16-15(19-12-20-16)9-17(22)18(23)21(3)10-14-7-5-4-6-8-14/h4-8,12-13,17H,9-11H2,1-3H3,(H,19,20)/t17-/m0/s1. The number of carbonyl (C=O) groups excluding carboxylic acids is 1. The Hall–Kier alpha value is -2.14. The highest BCUT2D eigenvalue weighted by molar-refractivity contribution is 5.82. The van der Waals surface area contributed by atoms with E-state index in [2.05, 4.69) is 40.8 Å². The number of nitrogens with one attached hydrogen (secondary N) is 1. The Bertz CT molecular complexity index is 665. The van der Waals surface area contributed by atoms with E-state index in [1.54, 1.807) is 6.33 Å². The fraction of sp³-hybridized carbons (Fsp3) is 0.444. The summed E-state index contributed by atoms with van der Waals surface area (Å²) in [5.74, 6) is 0.163. The summed E-state index contributed by atoms with van der Waals surface area (Å²) in [4.78, 5) is 24.6. The van der Waals surface area contributed by atoms with Crippen molar-refractivity contribution in [3.8, 4) is 0 Å². The fourth-order valence-corrected chi connectivity index (χ4v) is 3.22. The Morgan fingerprint density at radius 3 is 2.83 bits per heavy atom. The fourth-order valence-electron chi connectivity index (χ4n) is 3.22. The number of nitrogens with zero attached hydrogens (tertiary/aromatic N) is 3. The van der Waals surface area contributed by atoms with Crippen LogP contribution in [0.5, 0.6) is 0 Å². The monoisotopic (exact) mass is 312 g/mol. The number of hydrogen-bond acceptors (Lipinski definition) is 3. The zero-order valence-electron chi connectivity index (χ0n) is 14.0. The van der Waals surface area contributed by atoms with Gasteiger partial charge in [0.15, 0.2) is 0 Å². The van der Waals surface area contributed by atoms with Gasteiger partial charge in [-0.1, -0.05) is 30.3 Å². The third-order valence-electron chi connectivity index (χ3n) is 4.52. The van der Waals surface area contributed by atoms with Gasteiger partial charge in [0.1, 0.15) is 0 Å². The third-order valence-corrected chi connectivity index (χ3v) is 4.52. The number of hydrogen-bond donors (Lipinski definition) is 1. The molecule has 0 saturated heterocycles. The molecule has 0 fully saturated rings. The molecule has 0 spiro atoms. The van der Waals surface area contributed by atoms with Crippen LogP contribution >= 0.6 is 0 Å². The van der Waals surface area contributed by atoms with Gasteiger partial charge in [0.2, 0.25) is 5.91 Å². The van der Waals surface area contributed by atoms with Gasteiger partial charge in [-0.3, -0.25) is 9.69 Å². The molecule has 0 aliphatic carbocycles. The zero-order valence-corrected chi connectivity index (χ0v) is 14.0. The van der Waals surface area contributed by atoms with Crippen LogP contribution in [0.2, 0.25) is 0 Å². The molecule has 23 heavy (non-hydrogen) atoms. The zero-order chi connectivity index (χ0) is 16.4. The molecular formula is C18H24N4O. The number of likely N-dealkylation sites (N-methyl/N-ethyl adjacent to an activating group) is 1. The van der Waals surface area contributed by atoms with E-state index in [-0.39, 0.29) is 11.9 Å². The highest BCUT2D eigenvalue weighted by atomic mass is 16.2. The number of amides is 1. The predicted octanol–water partition coefficient (Wildman–Crippen LogP) is 2.20. The van der Waals surface area contributed by atoms with Gasteiger partial charge in [0, 0.05) is 32.6 Å². The van der Waals surface area contributed by atoms with Crippen LogP contribution in [-0.4, -0.2) is 44.8 Å². The molecule has 1 atom stereocenters. The first-order valence-electron chi connectivity index (χ1n) is 8.12. The number of fused-ring (bicyclic) bond motifs is 1. The highest BCUT2D eigenvalue weighted by Crippen LogP contribution is 2.24. The molecule has 1 amide bonds. The number of carbonyl (C=O) groups is 1. The molecule has 3 rings (SSSR count). The van der Waals surface area contributed by atoms with Crippen molar-refractivity contribution in [2.75, 3.05) is 7.05 Å². The topological polar surface area (TPSA) is 52.2 Å². The van der Waals surface area contributed by atoms with Crippen molar-refractivity contribution in [3.63, 3.8) is 0 Å². The molecule has 5 heteroatoms. The van der Waals surface area contributed by atoms with Crippen LogP contribution in [0, 0.1) is 0 Å². The van der Waals surface area contributed by atoms with E-state index in [1.807, 2.05) is 30.1 Å². The summed E-state index contributed by atoms with van der Waals surface area (Å²) in [6.07, 6.45) is 2.40. The molecule has 2 aromatic rings. The minimum atomic E-state index is -0.139. The minimum Gasteiger partial charge on any atom is -0.347 e. The van der Waals surface area contributed by atoms with Gasteiger partial charge in [-0.05, 0) is 19.4 Å². The van der Waals surface area contributed by atoms with Crippen LogP contribution < -0.4 is 0 Å². The van der Waals surface area contributed by atoms with Crippen molar-refractivity contribution in [3.05, 3.63) is 53.6 Å². The second kappa shape index (κ2) is 6.54. The maximum atomic E-state index is 13.0. The van der Waals surface area contributed by atoms with Crippen LogP contribution in [0.25, 0.3) is 0 Å². The van der Waals surface area contributed by atoms with Crippen LogP contribution in [0.4, 0.5) is 0 Å². The number of benzene rings is 1. The molecule has 0 radical (unpaired) electrons. The lowest BCUT2D eigenvalue weighted by Crippen LogP contribution is -2.52. The summed E-state index contributed by atoms with van der Waals surface area (Å²) in [6, 6.07) is 10.3. The van der Waals surface area contributed by atoms with E-state index >= 15 is 0 Å². The summed E-state index contributed by atoms with van der Waals surface area (Å²) >= 11 is 0. The Kier molecular flexibility index (Phi) is 4.48. The van der Waals surface area contributed by atoms with Gasteiger partial charge in [-0.15, -0.1) is 0 Å². The summed E-state index contributed by atoms with van der Waals surface area (Å²) in [7, 11) is 1.88. The normalized spacial score (nSPS) is 18.0. The van der Waals surface area contributed by atoms with Gasteiger partial charge in [0.25, 0.3) is 0 Å². The first kappa shape index (κ1) is 15.7. The predicted molar refractivity (Wildman–Crippen MR) is 89.7 cm³/mol. The van der Waals surface area contributed by atoms with Crippen molar-refractivity contribution < 1.29 is 4.79 Å². The van der Waals surface area contributed by atoms with Crippen molar-refractivity contribution in [2.24, 2.45) is 0 Å².